The van der Waals surface area contributed by atoms with Crippen LogP contribution in [0.15, 0.2) is 0 Å². The van der Waals surface area contributed by atoms with Gasteiger partial charge >= 0.3 is 7.60 Å². The molecule has 0 aromatic heterocycles. The van der Waals surface area contributed by atoms with Gasteiger partial charge in [0, 0.05) is 6.61 Å². The van der Waals surface area contributed by atoms with Crippen molar-refractivity contribution in [2.45, 2.75) is 84.8 Å². The van der Waals surface area contributed by atoms with Crippen LogP contribution in [0.4, 0.5) is 0 Å². The van der Waals surface area contributed by atoms with Crippen molar-refractivity contribution in [1.29, 1.82) is 0 Å². The fourth-order valence-corrected chi connectivity index (χ4v) is 3.00. The highest BCUT2D eigenvalue weighted by atomic mass is 31.2. The molecule has 140 valence electrons. The Bertz CT molecular complexity index is 362. The first-order chi connectivity index (χ1) is 10.4. The molecular weight excluding hydrogens is 315 g/mol. The van der Waals surface area contributed by atoms with Crippen molar-refractivity contribution in [2.24, 2.45) is 5.92 Å². The third-order valence-electron chi connectivity index (χ3n) is 4.05. The van der Waals surface area contributed by atoms with Crippen LogP contribution in [0.3, 0.4) is 0 Å². The van der Waals surface area contributed by atoms with E-state index in [4.69, 9.17) is 19.3 Å². The van der Waals surface area contributed by atoms with Gasteiger partial charge in [-0.25, -0.2) is 0 Å². The van der Waals surface area contributed by atoms with E-state index in [0.717, 1.165) is 32.3 Å². The van der Waals surface area contributed by atoms with E-state index in [2.05, 4.69) is 34.6 Å². The van der Waals surface area contributed by atoms with Crippen LogP contribution in [-0.4, -0.2) is 40.4 Å². The standard InChI is InChI=1S/C17H37O5P/c1-7-12-21-17(5,6)11-13-22-16(3,4)10-8-15(2)9-14-23(18,19)20/h15H,7-14H2,1-6H3,(H2,18,19,20). The highest BCUT2D eigenvalue weighted by Gasteiger charge is 2.23. The third kappa shape index (κ3) is 14.1. The van der Waals surface area contributed by atoms with Gasteiger partial charge in [-0.2, -0.15) is 0 Å². The molecule has 0 aliphatic heterocycles. The third-order valence-corrected chi connectivity index (χ3v) is 4.89. The predicted molar refractivity (Wildman–Crippen MR) is 94.9 cm³/mol. The summed E-state index contributed by atoms with van der Waals surface area (Å²) in [7, 11) is -3.87. The highest BCUT2D eigenvalue weighted by Crippen LogP contribution is 2.37. The first kappa shape index (κ1) is 23.1. The van der Waals surface area contributed by atoms with Gasteiger partial charge in [0.25, 0.3) is 0 Å². The van der Waals surface area contributed by atoms with Gasteiger partial charge in [0.05, 0.1) is 24.0 Å². The Kier molecular flexibility index (Phi) is 10.2. The first-order valence-electron chi connectivity index (χ1n) is 8.69. The summed E-state index contributed by atoms with van der Waals surface area (Å²) in [6, 6.07) is 0. The SMILES string of the molecule is CCCOC(C)(C)CCOC(C)(C)CCC(C)CCP(=O)(O)O. The Hall–Kier alpha value is 0.0700. The Morgan fingerprint density at radius 1 is 0.957 bits per heavy atom. The van der Waals surface area contributed by atoms with Crippen molar-refractivity contribution in [3.63, 3.8) is 0 Å². The lowest BCUT2D eigenvalue weighted by Crippen LogP contribution is -2.31. The van der Waals surface area contributed by atoms with E-state index in [1.165, 1.54) is 0 Å². The first-order valence-corrected chi connectivity index (χ1v) is 10.5. The molecule has 0 saturated carbocycles. The average Bonchev–Trinajstić information content (AvgIpc) is 2.39. The number of rotatable bonds is 13. The van der Waals surface area contributed by atoms with E-state index in [9.17, 15) is 4.57 Å². The van der Waals surface area contributed by atoms with Crippen molar-refractivity contribution < 1.29 is 23.8 Å². The van der Waals surface area contributed by atoms with Gasteiger partial charge in [-0.15, -0.1) is 0 Å². The summed E-state index contributed by atoms with van der Waals surface area (Å²) in [5.41, 5.74) is -0.389. The van der Waals surface area contributed by atoms with Crippen LogP contribution in [-0.2, 0) is 14.0 Å². The molecule has 0 spiro atoms. The molecule has 0 radical (unpaired) electrons. The molecule has 0 aliphatic rings. The second kappa shape index (κ2) is 10.1. The maximum absolute atomic E-state index is 10.9. The molecule has 0 aromatic rings. The lowest BCUT2D eigenvalue weighted by atomic mass is 9.94. The van der Waals surface area contributed by atoms with Gasteiger partial charge in [-0.05, 0) is 65.7 Å². The minimum Gasteiger partial charge on any atom is -0.375 e. The van der Waals surface area contributed by atoms with Gasteiger partial charge in [-0.1, -0.05) is 13.8 Å². The largest absolute Gasteiger partial charge is 0.375 e. The summed E-state index contributed by atoms with van der Waals surface area (Å²) < 4.78 is 22.7. The van der Waals surface area contributed by atoms with Crippen LogP contribution in [0.2, 0.25) is 0 Å². The molecule has 0 aliphatic carbocycles. The summed E-state index contributed by atoms with van der Waals surface area (Å²) in [4.78, 5) is 17.8. The maximum atomic E-state index is 10.9. The highest BCUT2D eigenvalue weighted by molar-refractivity contribution is 7.51. The lowest BCUT2D eigenvalue weighted by molar-refractivity contribution is -0.0755. The Balaban J connectivity index is 4.02. The van der Waals surface area contributed by atoms with Crippen molar-refractivity contribution in [3.05, 3.63) is 0 Å². The number of hydrogen-bond donors (Lipinski definition) is 2. The minimum absolute atomic E-state index is 0.0294. The second-order valence-electron chi connectivity index (χ2n) is 7.79. The number of ether oxygens (including phenoxy) is 2. The van der Waals surface area contributed by atoms with Crippen LogP contribution in [0, 0.1) is 5.92 Å². The van der Waals surface area contributed by atoms with E-state index >= 15 is 0 Å². The molecule has 23 heavy (non-hydrogen) atoms. The number of hydrogen-bond acceptors (Lipinski definition) is 3. The molecule has 1 atom stereocenters. The quantitative estimate of drug-likeness (QED) is 0.482. The van der Waals surface area contributed by atoms with E-state index in [1.807, 2.05) is 6.92 Å². The van der Waals surface area contributed by atoms with E-state index in [-0.39, 0.29) is 23.3 Å². The maximum Gasteiger partial charge on any atom is 0.325 e. The summed E-state index contributed by atoms with van der Waals surface area (Å²) in [6.45, 7) is 13.9. The Morgan fingerprint density at radius 2 is 1.48 bits per heavy atom. The zero-order valence-corrected chi connectivity index (χ0v) is 16.7. The lowest BCUT2D eigenvalue weighted by Gasteiger charge is -2.30. The molecule has 0 aromatic carbocycles. The van der Waals surface area contributed by atoms with Crippen LogP contribution in [0.25, 0.3) is 0 Å². The Labute approximate surface area is 142 Å². The molecule has 0 saturated heterocycles. The smallest absolute Gasteiger partial charge is 0.325 e. The van der Waals surface area contributed by atoms with Gasteiger partial charge < -0.3 is 19.3 Å². The fourth-order valence-electron chi connectivity index (χ4n) is 2.22. The molecule has 0 fully saturated rings. The van der Waals surface area contributed by atoms with Crippen LogP contribution in [0.5, 0.6) is 0 Å². The van der Waals surface area contributed by atoms with Crippen molar-refractivity contribution in [2.75, 3.05) is 19.4 Å². The molecule has 6 heteroatoms. The van der Waals surface area contributed by atoms with Gasteiger partial charge in [0.15, 0.2) is 0 Å². The second-order valence-corrected chi connectivity index (χ2v) is 9.56. The molecule has 0 bridgehead atoms. The van der Waals surface area contributed by atoms with Crippen molar-refractivity contribution >= 4 is 7.60 Å². The normalized spacial score (nSPS) is 15.0. The van der Waals surface area contributed by atoms with Crippen LogP contribution in [0.1, 0.15) is 73.6 Å². The van der Waals surface area contributed by atoms with Crippen molar-refractivity contribution in [1.82, 2.24) is 0 Å². The molecule has 0 amide bonds. The average molecular weight is 352 g/mol. The molecular formula is C17H37O5P. The Morgan fingerprint density at radius 3 is 2.00 bits per heavy atom. The molecule has 0 rings (SSSR count). The van der Waals surface area contributed by atoms with E-state index in [1.54, 1.807) is 0 Å². The molecule has 5 nitrogen and oxygen atoms in total. The van der Waals surface area contributed by atoms with E-state index in [0.29, 0.717) is 13.0 Å². The summed E-state index contributed by atoms with van der Waals surface area (Å²) in [5, 5.41) is 0. The topological polar surface area (TPSA) is 76.0 Å². The molecule has 2 N–H and O–H groups in total. The monoisotopic (exact) mass is 352 g/mol. The van der Waals surface area contributed by atoms with Crippen LogP contribution >= 0.6 is 7.60 Å². The summed E-state index contributed by atoms with van der Waals surface area (Å²) in [5.74, 6) is 0.287. The van der Waals surface area contributed by atoms with Gasteiger partial charge in [0.2, 0.25) is 0 Å². The predicted octanol–water partition coefficient (Wildman–Crippen LogP) is 4.36. The van der Waals surface area contributed by atoms with Crippen molar-refractivity contribution in [3.8, 4) is 0 Å². The van der Waals surface area contributed by atoms with Gasteiger partial charge in [0.1, 0.15) is 0 Å². The summed E-state index contributed by atoms with van der Waals surface area (Å²) in [6.07, 6.45) is 4.18. The summed E-state index contributed by atoms with van der Waals surface area (Å²) >= 11 is 0. The minimum atomic E-state index is -3.87. The molecule has 0 heterocycles. The zero-order chi connectivity index (χ0) is 18.1. The fraction of sp³-hybridized carbons (Fsp3) is 1.00. The van der Waals surface area contributed by atoms with E-state index < -0.39 is 7.60 Å². The molecule has 1 unspecified atom stereocenters. The van der Waals surface area contributed by atoms with Gasteiger partial charge in [-0.3, -0.25) is 4.57 Å². The van der Waals surface area contributed by atoms with Crippen LogP contribution < -0.4 is 0 Å². The zero-order valence-electron chi connectivity index (χ0n) is 15.8.